The molecule has 1 aromatic carbocycles. The van der Waals surface area contributed by atoms with Crippen LogP contribution < -0.4 is 5.32 Å². The molecule has 0 fully saturated rings. The summed E-state index contributed by atoms with van der Waals surface area (Å²) in [6, 6.07) is 6.15. The van der Waals surface area contributed by atoms with Crippen LogP contribution in [0.3, 0.4) is 0 Å². The lowest BCUT2D eigenvalue weighted by Gasteiger charge is -2.14. The molecule has 0 spiro atoms. The highest BCUT2D eigenvalue weighted by atomic mass is 19.1. The van der Waals surface area contributed by atoms with E-state index in [1.807, 2.05) is 7.05 Å². The maximum absolute atomic E-state index is 12.9. The van der Waals surface area contributed by atoms with E-state index in [2.05, 4.69) is 22.2 Å². The first-order chi connectivity index (χ1) is 9.69. The summed E-state index contributed by atoms with van der Waals surface area (Å²) in [5.74, 6) is 0.272. The fourth-order valence-corrected chi connectivity index (χ4v) is 1.99. The number of hydrogen-bond acceptors (Lipinski definition) is 4. The van der Waals surface area contributed by atoms with E-state index < -0.39 is 0 Å². The van der Waals surface area contributed by atoms with Crippen molar-refractivity contribution in [2.24, 2.45) is 0 Å². The lowest BCUT2D eigenvalue weighted by atomic mass is 10.2. The van der Waals surface area contributed by atoms with Gasteiger partial charge in [0.1, 0.15) is 12.1 Å². The molecular weight excluding hydrogens is 257 g/mol. The smallest absolute Gasteiger partial charge is 0.226 e. The zero-order valence-corrected chi connectivity index (χ0v) is 11.9. The molecule has 0 aliphatic heterocycles. The summed E-state index contributed by atoms with van der Waals surface area (Å²) in [7, 11) is 4.01. The Kier molecular flexibility index (Phi) is 5.26. The number of nitrogens with zero attached hydrogens (tertiary/aromatic N) is 2. The van der Waals surface area contributed by atoms with Gasteiger partial charge in [0.2, 0.25) is 5.89 Å². The van der Waals surface area contributed by atoms with E-state index in [1.54, 1.807) is 18.4 Å². The van der Waals surface area contributed by atoms with E-state index >= 15 is 0 Å². The molecule has 5 heteroatoms. The zero-order chi connectivity index (χ0) is 14.4. The first kappa shape index (κ1) is 14.7. The molecule has 0 saturated carbocycles. The summed E-state index contributed by atoms with van der Waals surface area (Å²) in [6.45, 7) is 2.75. The second kappa shape index (κ2) is 7.17. The Bertz CT molecular complexity index is 524. The maximum Gasteiger partial charge on any atom is 0.226 e. The molecule has 0 unspecified atom stereocenters. The Labute approximate surface area is 118 Å². The van der Waals surface area contributed by atoms with Gasteiger partial charge in [-0.25, -0.2) is 9.37 Å². The summed E-state index contributed by atoms with van der Waals surface area (Å²) in [4.78, 5) is 6.63. The second-order valence-electron chi connectivity index (χ2n) is 4.85. The van der Waals surface area contributed by atoms with E-state index in [0.717, 1.165) is 37.3 Å². The molecule has 0 radical (unpaired) electrons. The Morgan fingerprint density at radius 3 is 2.75 bits per heavy atom. The topological polar surface area (TPSA) is 41.3 Å². The predicted octanol–water partition coefficient (Wildman–Crippen LogP) is 2.52. The highest BCUT2D eigenvalue weighted by Crippen LogP contribution is 2.19. The maximum atomic E-state index is 12.9. The lowest BCUT2D eigenvalue weighted by molar-refractivity contribution is 0.317. The predicted molar refractivity (Wildman–Crippen MR) is 76.8 cm³/mol. The summed E-state index contributed by atoms with van der Waals surface area (Å²) >= 11 is 0. The van der Waals surface area contributed by atoms with Crippen molar-refractivity contribution in [1.82, 2.24) is 15.2 Å². The molecule has 0 aliphatic rings. The van der Waals surface area contributed by atoms with Gasteiger partial charge in [-0.05, 0) is 57.9 Å². The zero-order valence-electron chi connectivity index (χ0n) is 11.9. The van der Waals surface area contributed by atoms with Gasteiger partial charge in [0, 0.05) is 12.1 Å². The van der Waals surface area contributed by atoms with Crippen molar-refractivity contribution in [3.8, 4) is 11.5 Å². The number of oxazole rings is 1. The Balaban J connectivity index is 1.93. The third-order valence-corrected chi connectivity index (χ3v) is 3.04. The second-order valence-corrected chi connectivity index (χ2v) is 4.85. The van der Waals surface area contributed by atoms with Crippen LogP contribution >= 0.6 is 0 Å². The SMILES string of the molecule is CNCCCN(C)Cc1coc(-c2ccc(F)cc2)n1. The number of rotatable bonds is 7. The first-order valence-electron chi connectivity index (χ1n) is 6.72. The van der Waals surface area contributed by atoms with E-state index in [4.69, 9.17) is 4.42 Å². The Morgan fingerprint density at radius 1 is 1.30 bits per heavy atom. The number of halogens is 1. The van der Waals surface area contributed by atoms with E-state index in [9.17, 15) is 4.39 Å². The summed E-state index contributed by atoms with van der Waals surface area (Å²) < 4.78 is 18.3. The number of nitrogens with one attached hydrogen (secondary N) is 1. The van der Waals surface area contributed by atoms with Gasteiger partial charge in [-0.15, -0.1) is 0 Å². The molecule has 2 rings (SSSR count). The van der Waals surface area contributed by atoms with Crippen molar-refractivity contribution in [2.45, 2.75) is 13.0 Å². The number of benzene rings is 1. The van der Waals surface area contributed by atoms with E-state index in [-0.39, 0.29) is 5.82 Å². The van der Waals surface area contributed by atoms with Crippen molar-refractivity contribution in [2.75, 3.05) is 27.2 Å². The first-order valence-corrected chi connectivity index (χ1v) is 6.72. The Morgan fingerprint density at radius 2 is 2.05 bits per heavy atom. The van der Waals surface area contributed by atoms with Crippen LogP contribution in [0.4, 0.5) is 4.39 Å². The average molecular weight is 277 g/mol. The van der Waals surface area contributed by atoms with Crippen LogP contribution in [0.5, 0.6) is 0 Å². The van der Waals surface area contributed by atoms with Crippen molar-refractivity contribution < 1.29 is 8.81 Å². The van der Waals surface area contributed by atoms with Gasteiger partial charge in [0.15, 0.2) is 0 Å². The van der Waals surface area contributed by atoms with Gasteiger partial charge < -0.3 is 14.6 Å². The molecule has 108 valence electrons. The third-order valence-electron chi connectivity index (χ3n) is 3.04. The van der Waals surface area contributed by atoms with Crippen LogP contribution in [0.1, 0.15) is 12.1 Å². The average Bonchev–Trinajstić information content (AvgIpc) is 2.88. The minimum atomic E-state index is -0.259. The highest BCUT2D eigenvalue weighted by Gasteiger charge is 2.08. The van der Waals surface area contributed by atoms with Crippen LogP contribution in [0.25, 0.3) is 11.5 Å². The molecule has 2 aromatic rings. The van der Waals surface area contributed by atoms with Gasteiger partial charge in [0.05, 0.1) is 5.69 Å². The van der Waals surface area contributed by atoms with Crippen LogP contribution in [-0.4, -0.2) is 37.1 Å². The van der Waals surface area contributed by atoms with Crippen LogP contribution in [0.2, 0.25) is 0 Å². The molecule has 0 amide bonds. The molecule has 1 heterocycles. The molecule has 0 saturated heterocycles. The lowest BCUT2D eigenvalue weighted by Crippen LogP contribution is -2.22. The van der Waals surface area contributed by atoms with Gasteiger partial charge >= 0.3 is 0 Å². The quantitative estimate of drug-likeness (QED) is 0.790. The molecule has 0 atom stereocenters. The fourth-order valence-electron chi connectivity index (χ4n) is 1.99. The van der Waals surface area contributed by atoms with Crippen LogP contribution in [0.15, 0.2) is 34.9 Å². The fraction of sp³-hybridized carbons (Fsp3) is 0.400. The number of aromatic nitrogens is 1. The van der Waals surface area contributed by atoms with Crippen molar-refractivity contribution in [1.29, 1.82) is 0 Å². The molecule has 0 bridgehead atoms. The van der Waals surface area contributed by atoms with Crippen molar-refractivity contribution in [3.05, 3.63) is 42.0 Å². The Hall–Kier alpha value is -1.72. The molecule has 20 heavy (non-hydrogen) atoms. The van der Waals surface area contributed by atoms with Gasteiger partial charge in [0.25, 0.3) is 0 Å². The summed E-state index contributed by atoms with van der Waals surface area (Å²) in [5.41, 5.74) is 1.67. The minimum Gasteiger partial charge on any atom is -0.444 e. The van der Waals surface area contributed by atoms with Gasteiger partial charge in [-0.2, -0.15) is 0 Å². The standard InChI is InChI=1S/C15H20FN3O/c1-17-8-3-9-19(2)10-14-11-20-15(18-14)12-4-6-13(16)7-5-12/h4-7,11,17H,3,8-10H2,1-2H3. The van der Waals surface area contributed by atoms with Crippen molar-refractivity contribution in [3.63, 3.8) is 0 Å². The summed E-state index contributed by atoms with van der Waals surface area (Å²) in [6.07, 6.45) is 2.75. The molecular formula is C15H20FN3O. The minimum absolute atomic E-state index is 0.259. The normalized spacial score (nSPS) is 11.2. The van der Waals surface area contributed by atoms with Gasteiger partial charge in [-0.3, -0.25) is 0 Å². The molecule has 1 N–H and O–H groups in total. The molecule has 4 nitrogen and oxygen atoms in total. The third kappa shape index (κ3) is 4.15. The molecule has 1 aromatic heterocycles. The van der Waals surface area contributed by atoms with Crippen LogP contribution in [0, 0.1) is 5.82 Å². The highest BCUT2D eigenvalue weighted by molar-refractivity contribution is 5.52. The van der Waals surface area contributed by atoms with Crippen molar-refractivity contribution >= 4 is 0 Å². The molecule has 0 aliphatic carbocycles. The van der Waals surface area contributed by atoms with Gasteiger partial charge in [-0.1, -0.05) is 0 Å². The number of hydrogen-bond donors (Lipinski definition) is 1. The monoisotopic (exact) mass is 277 g/mol. The summed E-state index contributed by atoms with van der Waals surface area (Å²) in [5, 5.41) is 3.13. The van der Waals surface area contributed by atoms with E-state index in [0.29, 0.717) is 5.89 Å². The van der Waals surface area contributed by atoms with E-state index in [1.165, 1.54) is 12.1 Å². The largest absolute Gasteiger partial charge is 0.444 e. The van der Waals surface area contributed by atoms with Crippen LogP contribution in [-0.2, 0) is 6.54 Å².